The maximum Gasteiger partial charge on any atom is 0.389 e. The Hall–Kier alpha value is -1.39. The van der Waals surface area contributed by atoms with Crippen LogP contribution >= 0.6 is 0 Å². The van der Waals surface area contributed by atoms with Crippen molar-refractivity contribution in [2.24, 2.45) is 0 Å². The first kappa shape index (κ1) is 13.7. The first-order valence-electron chi connectivity index (χ1n) is 5.59. The molecule has 0 saturated carbocycles. The second kappa shape index (κ2) is 5.80. The van der Waals surface area contributed by atoms with Gasteiger partial charge in [0.1, 0.15) is 0 Å². The maximum absolute atomic E-state index is 12.0. The zero-order chi connectivity index (χ0) is 12.9. The molecule has 0 saturated heterocycles. The molecule has 96 valence electrons. The first-order chi connectivity index (χ1) is 7.92. The van der Waals surface area contributed by atoms with Crippen molar-refractivity contribution in [2.75, 3.05) is 23.7 Å². The number of anilines is 2. The van der Waals surface area contributed by atoms with Crippen molar-refractivity contribution >= 4 is 11.4 Å². The van der Waals surface area contributed by atoms with Gasteiger partial charge in [-0.1, -0.05) is 6.07 Å². The van der Waals surface area contributed by atoms with Gasteiger partial charge in [-0.15, -0.1) is 0 Å². The lowest BCUT2D eigenvalue weighted by atomic mass is 10.2. The molecule has 0 unspecified atom stereocenters. The Labute approximate surface area is 99.2 Å². The minimum atomic E-state index is -4.07. The predicted molar refractivity (Wildman–Crippen MR) is 64.0 cm³/mol. The summed E-state index contributed by atoms with van der Waals surface area (Å²) in [4.78, 5) is 1.89. The third-order valence-corrected chi connectivity index (χ3v) is 2.51. The summed E-state index contributed by atoms with van der Waals surface area (Å²) in [5.41, 5.74) is 7.13. The molecule has 0 heterocycles. The number of halogens is 3. The average molecular weight is 246 g/mol. The van der Waals surface area contributed by atoms with Crippen molar-refractivity contribution in [3.63, 3.8) is 0 Å². The highest BCUT2D eigenvalue weighted by atomic mass is 19.4. The molecule has 0 aromatic heterocycles. The van der Waals surface area contributed by atoms with Crippen LogP contribution in [0.4, 0.5) is 24.5 Å². The van der Waals surface area contributed by atoms with E-state index in [1.807, 2.05) is 17.9 Å². The molecule has 1 aromatic rings. The van der Waals surface area contributed by atoms with Crippen LogP contribution in [0.2, 0.25) is 0 Å². The van der Waals surface area contributed by atoms with Crippen LogP contribution < -0.4 is 10.6 Å². The molecular weight excluding hydrogens is 229 g/mol. The van der Waals surface area contributed by atoms with E-state index in [9.17, 15) is 13.2 Å². The van der Waals surface area contributed by atoms with Crippen LogP contribution in [0.3, 0.4) is 0 Å². The lowest BCUT2D eigenvalue weighted by Crippen LogP contribution is -2.25. The van der Waals surface area contributed by atoms with Crippen molar-refractivity contribution in [3.8, 4) is 0 Å². The highest BCUT2D eigenvalue weighted by molar-refractivity contribution is 5.55. The third kappa shape index (κ3) is 4.97. The van der Waals surface area contributed by atoms with Crippen LogP contribution in [0.25, 0.3) is 0 Å². The molecule has 1 rings (SSSR count). The Kier molecular flexibility index (Phi) is 4.66. The number of nitrogens with zero attached hydrogens (tertiary/aromatic N) is 1. The smallest absolute Gasteiger partial charge is 0.389 e. The van der Waals surface area contributed by atoms with Gasteiger partial charge in [-0.3, -0.25) is 0 Å². The van der Waals surface area contributed by atoms with Gasteiger partial charge in [0.05, 0.1) is 0 Å². The largest absolute Gasteiger partial charge is 0.399 e. The van der Waals surface area contributed by atoms with E-state index < -0.39 is 12.6 Å². The Morgan fingerprint density at radius 3 is 2.53 bits per heavy atom. The topological polar surface area (TPSA) is 29.3 Å². The van der Waals surface area contributed by atoms with E-state index in [1.165, 1.54) is 0 Å². The van der Waals surface area contributed by atoms with Crippen LogP contribution in [0.5, 0.6) is 0 Å². The van der Waals surface area contributed by atoms with Crippen LogP contribution in [0.15, 0.2) is 24.3 Å². The summed E-state index contributed by atoms with van der Waals surface area (Å²) >= 11 is 0. The summed E-state index contributed by atoms with van der Waals surface area (Å²) in [6.07, 6.45) is -4.72. The number of hydrogen-bond donors (Lipinski definition) is 1. The normalized spacial score (nSPS) is 11.5. The number of nitrogens with two attached hydrogens (primary N) is 1. The first-order valence-corrected chi connectivity index (χ1v) is 5.59. The number of rotatable bonds is 5. The summed E-state index contributed by atoms with van der Waals surface area (Å²) in [5, 5.41) is 0. The Morgan fingerprint density at radius 1 is 1.29 bits per heavy atom. The summed E-state index contributed by atoms with van der Waals surface area (Å²) < 4.78 is 36.1. The Morgan fingerprint density at radius 2 is 2.00 bits per heavy atom. The highest BCUT2D eigenvalue weighted by Gasteiger charge is 2.26. The van der Waals surface area contributed by atoms with Crippen LogP contribution in [-0.4, -0.2) is 19.3 Å². The van der Waals surface area contributed by atoms with Gasteiger partial charge in [0.25, 0.3) is 0 Å². The van der Waals surface area contributed by atoms with E-state index in [0.717, 1.165) is 5.69 Å². The monoisotopic (exact) mass is 246 g/mol. The van der Waals surface area contributed by atoms with Gasteiger partial charge in [-0.25, -0.2) is 0 Å². The standard InChI is InChI=1S/C12H17F3N2/c1-2-17(8-4-7-12(13,14)15)11-6-3-5-10(16)9-11/h3,5-6,9H,2,4,7-8,16H2,1H3. The minimum absolute atomic E-state index is 0.103. The molecule has 5 heteroatoms. The van der Waals surface area contributed by atoms with Gasteiger partial charge >= 0.3 is 6.18 Å². The molecule has 0 aliphatic carbocycles. The second-order valence-corrected chi connectivity index (χ2v) is 3.89. The molecule has 2 nitrogen and oxygen atoms in total. The van der Waals surface area contributed by atoms with E-state index >= 15 is 0 Å². The Balaban J connectivity index is 2.54. The molecule has 17 heavy (non-hydrogen) atoms. The van der Waals surface area contributed by atoms with Crippen molar-refractivity contribution in [1.29, 1.82) is 0 Å². The zero-order valence-electron chi connectivity index (χ0n) is 9.80. The van der Waals surface area contributed by atoms with E-state index in [0.29, 0.717) is 18.8 Å². The van der Waals surface area contributed by atoms with Gasteiger partial charge in [0.2, 0.25) is 0 Å². The minimum Gasteiger partial charge on any atom is -0.399 e. The molecule has 0 fully saturated rings. The quantitative estimate of drug-likeness (QED) is 0.806. The fourth-order valence-corrected chi connectivity index (χ4v) is 1.66. The van der Waals surface area contributed by atoms with Gasteiger partial charge in [-0.05, 0) is 31.5 Å². The second-order valence-electron chi connectivity index (χ2n) is 3.89. The molecule has 0 amide bonds. The Bertz CT molecular complexity index is 350. The van der Waals surface area contributed by atoms with Gasteiger partial charge in [0, 0.05) is 30.9 Å². The van der Waals surface area contributed by atoms with Gasteiger partial charge in [0.15, 0.2) is 0 Å². The highest BCUT2D eigenvalue weighted by Crippen LogP contribution is 2.23. The molecule has 0 aliphatic heterocycles. The molecule has 0 atom stereocenters. The van der Waals surface area contributed by atoms with Crippen molar-refractivity contribution in [1.82, 2.24) is 0 Å². The molecular formula is C12H17F3N2. The van der Waals surface area contributed by atoms with E-state index in [-0.39, 0.29) is 6.42 Å². The van der Waals surface area contributed by atoms with Crippen LogP contribution in [0.1, 0.15) is 19.8 Å². The molecule has 0 aliphatic rings. The molecule has 0 radical (unpaired) electrons. The number of benzene rings is 1. The van der Waals surface area contributed by atoms with E-state index in [1.54, 1.807) is 18.2 Å². The third-order valence-electron chi connectivity index (χ3n) is 2.51. The van der Waals surface area contributed by atoms with Crippen molar-refractivity contribution < 1.29 is 13.2 Å². The fourth-order valence-electron chi connectivity index (χ4n) is 1.66. The summed E-state index contributed by atoms with van der Waals surface area (Å²) in [5.74, 6) is 0. The summed E-state index contributed by atoms with van der Waals surface area (Å²) in [7, 11) is 0. The van der Waals surface area contributed by atoms with Crippen molar-refractivity contribution in [2.45, 2.75) is 25.9 Å². The van der Waals surface area contributed by atoms with Gasteiger partial charge in [-0.2, -0.15) is 13.2 Å². The SMILES string of the molecule is CCN(CCCC(F)(F)F)c1cccc(N)c1. The molecule has 2 N–H and O–H groups in total. The summed E-state index contributed by atoms with van der Waals surface area (Å²) in [6, 6.07) is 7.19. The lowest BCUT2D eigenvalue weighted by molar-refractivity contribution is -0.135. The number of alkyl halides is 3. The predicted octanol–water partition coefficient (Wildman–Crippen LogP) is 3.44. The zero-order valence-corrected chi connectivity index (χ0v) is 9.80. The molecule has 1 aromatic carbocycles. The van der Waals surface area contributed by atoms with Crippen LogP contribution in [0, 0.1) is 0 Å². The number of nitrogen functional groups attached to an aromatic ring is 1. The van der Waals surface area contributed by atoms with E-state index in [2.05, 4.69) is 0 Å². The molecule has 0 bridgehead atoms. The van der Waals surface area contributed by atoms with Crippen LogP contribution in [-0.2, 0) is 0 Å². The van der Waals surface area contributed by atoms with Crippen molar-refractivity contribution in [3.05, 3.63) is 24.3 Å². The number of hydrogen-bond acceptors (Lipinski definition) is 2. The fraction of sp³-hybridized carbons (Fsp3) is 0.500. The maximum atomic E-state index is 12.0. The lowest BCUT2D eigenvalue weighted by Gasteiger charge is -2.23. The average Bonchev–Trinajstić information content (AvgIpc) is 2.23. The molecule has 0 spiro atoms. The summed E-state index contributed by atoms with van der Waals surface area (Å²) in [6.45, 7) is 2.97. The van der Waals surface area contributed by atoms with Gasteiger partial charge < -0.3 is 10.6 Å². The van der Waals surface area contributed by atoms with E-state index in [4.69, 9.17) is 5.73 Å².